The predicted molar refractivity (Wildman–Crippen MR) is 121 cm³/mol. The second-order valence-corrected chi connectivity index (χ2v) is 8.88. The number of hydrogen-bond donors (Lipinski definition) is 1. The highest BCUT2D eigenvalue weighted by molar-refractivity contribution is 7.99. The number of anilines is 1. The van der Waals surface area contributed by atoms with E-state index in [-0.39, 0.29) is 17.2 Å². The molecular formula is C20H17N3O3S3. The lowest BCUT2D eigenvalue weighted by Crippen LogP contribution is -2.21. The van der Waals surface area contributed by atoms with Crippen LogP contribution in [0.25, 0.3) is 20.7 Å². The molecule has 0 bridgehead atoms. The Morgan fingerprint density at radius 3 is 2.72 bits per heavy atom. The number of carbonyl (C=O) groups excluding carboxylic acids is 1. The van der Waals surface area contributed by atoms with Gasteiger partial charge in [-0.15, -0.1) is 22.7 Å². The summed E-state index contributed by atoms with van der Waals surface area (Å²) in [6.45, 7) is 0. The third-order valence-electron chi connectivity index (χ3n) is 4.27. The van der Waals surface area contributed by atoms with Gasteiger partial charge in [0.1, 0.15) is 10.6 Å². The average molecular weight is 444 g/mol. The van der Waals surface area contributed by atoms with Gasteiger partial charge in [0.25, 0.3) is 5.56 Å². The number of carbonyl (C=O) groups is 1. The van der Waals surface area contributed by atoms with Crippen LogP contribution in [0.3, 0.4) is 0 Å². The molecule has 4 aromatic rings. The van der Waals surface area contributed by atoms with Crippen LogP contribution >= 0.6 is 34.4 Å². The zero-order chi connectivity index (χ0) is 20.4. The molecule has 0 fully saturated rings. The van der Waals surface area contributed by atoms with E-state index in [1.165, 1.54) is 27.7 Å². The third kappa shape index (κ3) is 4.07. The summed E-state index contributed by atoms with van der Waals surface area (Å²) in [6.07, 6.45) is 0. The van der Waals surface area contributed by atoms with Gasteiger partial charge >= 0.3 is 0 Å². The molecule has 0 saturated carbocycles. The molecule has 29 heavy (non-hydrogen) atoms. The molecule has 0 atom stereocenters. The molecular weight excluding hydrogens is 426 g/mol. The molecule has 0 aliphatic heterocycles. The zero-order valence-corrected chi connectivity index (χ0v) is 18.1. The van der Waals surface area contributed by atoms with Crippen LogP contribution in [0.5, 0.6) is 5.75 Å². The average Bonchev–Trinajstić information content (AvgIpc) is 3.40. The molecule has 1 aromatic carbocycles. The summed E-state index contributed by atoms with van der Waals surface area (Å²) < 4.78 is 6.62. The van der Waals surface area contributed by atoms with Crippen LogP contribution in [0, 0.1) is 0 Å². The molecule has 6 nitrogen and oxygen atoms in total. The summed E-state index contributed by atoms with van der Waals surface area (Å²) in [6, 6.07) is 11.1. The van der Waals surface area contributed by atoms with Crippen LogP contribution in [-0.4, -0.2) is 28.3 Å². The van der Waals surface area contributed by atoms with E-state index in [9.17, 15) is 9.59 Å². The molecule has 1 N–H and O–H groups in total. The van der Waals surface area contributed by atoms with Crippen molar-refractivity contribution in [2.45, 2.75) is 5.16 Å². The molecule has 4 rings (SSSR count). The van der Waals surface area contributed by atoms with Crippen molar-refractivity contribution in [1.82, 2.24) is 9.55 Å². The van der Waals surface area contributed by atoms with Crippen molar-refractivity contribution < 1.29 is 9.53 Å². The van der Waals surface area contributed by atoms with E-state index in [1.54, 1.807) is 49.8 Å². The number of nitrogens with one attached hydrogen (secondary N) is 1. The predicted octanol–water partition coefficient (Wildman–Crippen LogP) is 4.46. The first-order valence-electron chi connectivity index (χ1n) is 8.65. The highest BCUT2D eigenvalue weighted by Crippen LogP contribution is 2.34. The van der Waals surface area contributed by atoms with E-state index in [4.69, 9.17) is 4.74 Å². The Bertz CT molecular complexity index is 1210. The normalized spacial score (nSPS) is 11.0. The van der Waals surface area contributed by atoms with E-state index in [0.717, 1.165) is 16.2 Å². The first-order valence-corrected chi connectivity index (χ1v) is 11.4. The lowest BCUT2D eigenvalue weighted by Gasteiger charge is -2.08. The van der Waals surface area contributed by atoms with E-state index in [0.29, 0.717) is 21.1 Å². The lowest BCUT2D eigenvalue weighted by molar-refractivity contribution is -0.113. The minimum Gasteiger partial charge on any atom is -0.497 e. The molecule has 3 aromatic heterocycles. The van der Waals surface area contributed by atoms with Crippen molar-refractivity contribution in [3.63, 3.8) is 0 Å². The van der Waals surface area contributed by atoms with Crippen molar-refractivity contribution in [1.29, 1.82) is 0 Å². The molecule has 148 valence electrons. The molecule has 0 unspecified atom stereocenters. The Morgan fingerprint density at radius 2 is 2.03 bits per heavy atom. The van der Waals surface area contributed by atoms with Crippen molar-refractivity contribution >= 4 is 56.2 Å². The van der Waals surface area contributed by atoms with Gasteiger partial charge in [-0.25, -0.2) is 4.98 Å². The summed E-state index contributed by atoms with van der Waals surface area (Å²) in [5.41, 5.74) is 1.51. The fourth-order valence-electron chi connectivity index (χ4n) is 2.80. The summed E-state index contributed by atoms with van der Waals surface area (Å²) in [4.78, 5) is 31.6. The summed E-state index contributed by atoms with van der Waals surface area (Å²) in [5.74, 6) is 0.712. The Labute approximate surface area is 179 Å². The molecule has 0 aliphatic carbocycles. The number of rotatable bonds is 6. The number of methoxy groups -OCH3 is 1. The topological polar surface area (TPSA) is 73.2 Å². The Hall–Kier alpha value is -2.62. The maximum absolute atomic E-state index is 12.9. The first-order chi connectivity index (χ1) is 14.1. The maximum atomic E-state index is 12.9. The number of thioether (sulfide) groups is 1. The largest absolute Gasteiger partial charge is 0.497 e. The van der Waals surface area contributed by atoms with Gasteiger partial charge in [-0.3, -0.25) is 14.2 Å². The molecule has 0 saturated heterocycles. The molecule has 1 amide bonds. The quantitative estimate of drug-likeness (QED) is 0.352. The van der Waals surface area contributed by atoms with Gasteiger partial charge in [-0.05, 0) is 35.7 Å². The number of aromatic nitrogens is 2. The van der Waals surface area contributed by atoms with Gasteiger partial charge in [0.05, 0.1) is 18.2 Å². The molecule has 3 heterocycles. The van der Waals surface area contributed by atoms with Crippen molar-refractivity contribution in [3.8, 4) is 16.2 Å². The Kier molecular flexibility index (Phi) is 5.70. The second-order valence-electron chi connectivity index (χ2n) is 6.13. The van der Waals surface area contributed by atoms with Gasteiger partial charge in [0.2, 0.25) is 5.91 Å². The van der Waals surface area contributed by atoms with Crippen LogP contribution in [0.4, 0.5) is 5.69 Å². The van der Waals surface area contributed by atoms with E-state index in [1.807, 2.05) is 22.9 Å². The van der Waals surface area contributed by atoms with E-state index in [2.05, 4.69) is 10.3 Å². The molecule has 0 aliphatic rings. The van der Waals surface area contributed by atoms with Gasteiger partial charge in [0.15, 0.2) is 5.16 Å². The monoisotopic (exact) mass is 443 g/mol. The number of benzene rings is 1. The van der Waals surface area contributed by atoms with Crippen LogP contribution in [0.2, 0.25) is 0 Å². The summed E-state index contributed by atoms with van der Waals surface area (Å²) in [7, 11) is 3.28. The number of ether oxygens (including phenoxy) is 1. The summed E-state index contributed by atoms with van der Waals surface area (Å²) >= 11 is 4.28. The fourth-order valence-corrected chi connectivity index (χ4v) is 5.37. The zero-order valence-electron chi connectivity index (χ0n) is 15.7. The molecule has 0 radical (unpaired) electrons. The van der Waals surface area contributed by atoms with Crippen LogP contribution in [0.1, 0.15) is 0 Å². The highest BCUT2D eigenvalue weighted by Gasteiger charge is 2.17. The summed E-state index contributed by atoms with van der Waals surface area (Å²) in [5, 5.41) is 7.94. The minimum atomic E-state index is -0.167. The third-order valence-corrected chi connectivity index (χ3v) is 7.07. The lowest BCUT2D eigenvalue weighted by atomic mass is 10.2. The number of fused-ring (bicyclic) bond motifs is 1. The fraction of sp³-hybridized carbons (Fsp3) is 0.150. The number of nitrogens with zero attached hydrogens (tertiary/aromatic N) is 2. The van der Waals surface area contributed by atoms with Gasteiger partial charge in [-0.2, -0.15) is 0 Å². The standard InChI is InChI=1S/C20H17N3O3S3/c1-23-19(25)17-14(15-4-3-9-27-15)10-28-18(17)22-20(23)29-11-16(24)21-12-5-7-13(26-2)8-6-12/h3-10H,11H2,1-2H3,(H,21,24). The number of hydrogen-bond acceptors (Lipinski definition) is 7. The number of amides is 1. The highest BCUT2D eigenvalue weighted by atomic mass is 32.2. The van der Waals surface area contributed by atoms with Crippen LogP contribution in [0.15, 0.2) is 57.1 Å². The van der Waals surface area contributed by atoms with Crippen LogP contribution < -0.4 is 15.6 Å². The van der Waals surface area contributed by atoms with Crippen molar-refractivity contribution in [2.24, 2.45) is 7.05 Å². The van der Waals surface area contributed by atoms with E-state index >= 15 is 0 Å². The first kappa shape index (κ1) is 19.7. The van der Waals surface area contributed by atoms with Gasteiger partial charge in [-0.1, -0.05) is 17.8 Å². The minimum absolute atomic E-state index is 0.0993. The smallest absolute Gasteiger partial charge is 0.263 e. The maximum Gasteiger partial charge on any atom is 0.263 e. The van der Waals surface area contributed by atoms with Gasteiger partial charge < -0.3 is 10.1 Å². The Balaban J connectivity index is 1.51. The van der Waals surface area contributed by atoms with Crippen molar-refractivity contribution in [3.05, 3.63) is 57.5 Å². The second kappa shape index (κ2) is 8.40. The SMILES string of the molecule is COc1ccc(NC(=O)CSc2nc3scc(-c4cccs4)c3c(=O)n2C)cc1. The van der Waals surface area contributed by atoms with Crippen molar-refractivity contribution in [2.75, 3.05) is 18.2 Å². The number of thiophene rings is 2. The Morgan fingerprint density at radius 1 is 1.24 bits per heavy atom. The van der Waals surface area contributed by atoms with Crippen LogP contribution in [-0.2, 0) is 11.8 Å². The molecule has 0 spiro atoms. The molecule has 9 heteroatoms. The van der Waals surface area contributed by atoms with Gasteiger partial charge in [0, 0.05) is 28.6 Å². The van der Waals surface area contributed by atoms with E-state index < -0.39 is 0 Å².